The van der Waals surface area contributed by atoms with Crippen molar-refractivity contribution in [3.63, 3.8) is 0 Å². The van der Waals surface area contributed by atoms with Gasteiger partial charge in [-0.25, -0.2) is 0 Å². The smallest absolute Gasteiger partial charge is 0.0480 e. The summed E-state index contributed by atoms with van der Waals surface area (Å²) < 4.78 is 5.49. The second kappa shape index (κ2) is 7.26. The molecule has 2 atom stereocenters. The first kappa shape index (κ1) is 15.5. The zero-order chi connectivity index (χ0) is 14.7. The molecule has 3 nitrogen and oxygen atoms in total. The molecule has 0 bridgehead atoms. The summed E-state index contributed by atoms with van der Waals surface area (Å²) in [4.78, 5) is 5.42. The maximum atomic E-state index is 5.49. The van der Waals surface area contributed by atoms with Crippen molar-refractivity contribution in [3.05, 3.63) is 11.6 Å². The standard InChI is InChI=1S/C18H32N2O/c1-15-4-3-5-16(2)18(15)14-19-8-10-20(11-9-19)17-6-12-21-13-7-17/h4,16-18H,3,5-14H2,1-2H3/t16-,18+/m1/s1. The monoisotopic (exact) mass is 292 g/mol. The minimum atomic E-state index is 0.788. The van der Waals surface area contributed by atoms with Crippen LogP contribution < -0.4 is 0 Å². The maximum Gasteiger partial charge on any atom is 0.0480 e. The number of hydrogen-bond donors (Lipinski definition) is 0. The molecule has 0 spiro atoms. The number of ether oxygens (including phenoxy) is 1. The molecule has 120 valence electrons. The summed E-state index contributed by atoms with van der Waals surface area (Å²) in [5.74, 6) is 1.66. The molecule has 2 aliphatic heterocycles. The molecule has 2 heterocycles. The molecule has 0 aromatic heterocycles. The van der Waals surface area contributed by atoms with E-state index in [1.807, 2.05) is 0 Å². The Hall–Kier alpha value is -0.380. The Labute approximate surface area is 130 Å². The fourth-order valence-electron chi connectivity index (χ4n) is 4.34. The van der Waals surface area contributed by atoms with Gasteiger partial charge in [-0.2, -0.15) is 0 Å². The Balaban J connectivity index is 1.47. The van der Waals surface area contributed by atoms with Gasteiger partial charge in [0.25, 0.3) is 0 Å². The lowest BCUT2D eigenvalue weighted by molar-refractivity contribution is 0.0110. The van der Waals surface area contributed by atoms with Crippen LogP contribution in [-0.2, 0) is 4.74 Å². The van der Waals surface area contributed by atoms with E-state index in [9.17, 15) is 0 Å². The Morgan fingerprint density at radius 2 is 1.81 bits per heavy atom. The van der Waals surface area contributed by atoms with Crippen molar-refractivity contribution in [1.82, 2.24) is 9.80 Å². The van der Waals surface area contributed by atoms with Crippen molar-refractivity contribution in [2.45, 2.75) is 45.6 Å². The van der Waals surface area contributed by atoms with E-state index < -0.39 is 0 Å². The Morgan fingerprint density at radius 3 is 2.48 bits per heavy atom. The molecule has 3 heteroatoms. The molecular formula is C18H32N2O. The van der Waals surface area contributed by atoms with E-state index in [-0.39, 0.29) is 0 Å². The molecular weight excluding hydrogens is 260 g/mol. The molecule has 3 rings (SSSR count). The van der Waals surface area contributed by atoms with Crippen LogP contribution in [0.15, 0.2) is 11.6 Å². The zero-order valence-electron chi connectivity index (χ0n) is 13.9. The number of nitrogens with zero attached hydrogens (tertiary/aromatic N) is 2. The SMILES string of the molecule is CC1=CCC[C@@H](C)[C@H]1CN1CCN(C2CCOCC2)CC1. The van der Waals surface area contributed by atoms with Crippen LogP contribution in [0.5, 0.6) is 0 Å². The van der Waals surface area contributed by atoms with Crippen molar-refractivity contribution in [2.75, 3.05) is 45.9 Å². The predicted molar refractivity (Wildman–Crippen MR) is 87.5 cm³/mol. The van der Waals surface area contributed by atoms with Crippen LogP contribution in [-0.4, -0.2) is 61.8 Å². The van der Waals surface area contributed by atoms with Crippen LogP contribution in [0, 0.1) is 11.8 Å². The molecule has 21 heavy (non-hydrogen) atoms. The number of piperazine rings is 1. The molecule has 0 saturated carbocycles. The van der Waals surface area contributed by atoms with Crippen molar-refractivity contribution >= 4 is 0 Å². The summed E-state index contributed by atoms with van der Waals surface area (Å²) in [6, 6.07) is 0.788. The second-order valence-electron chi connectivity index (χ2n) is 7.29. The molecule has 0 radical (unpaired) electrons. The lowest BCUT2D eigenvalue weighted by Crippen LogP contribution is -2.52. The third-order valence-electron chi connectivity index (χ3n) is 5.93. The third kappa shape index (κ3) is 3.88. The van der Waals surface area contributed by atoms with Gasteiger partial charge in [0.15, 0.2) is 0 Å². The summed E-state index contributed by atoms with van der Waals surface area (Å²) in [6.07, 6.45) is 7.62. The normalized spacial score (nSPS) is 33.9. The minimum Gasteiger partial charge on any atom is -0.381 e. The van der Waals surface area contributed by atoms with Crippen LogP contribution in [0.3, 0.4) is 0 Å². The first-order valence-electron chi connectivity index (χ1n) is 8.95. The highest BCUT2D eigenvalue weighted by Crippen LogP contribution is 2.31. The van der Waals surface area contributed by atoms with Gasteiger partial charge in [-0.3, -0.25) is 4.90 Å². The van der Waals surface area contributed by atoms with Gasteiger partial charge in [0, 0.05) is 52.0 Å². The molecule has 0 unspecified atom stereocenters. The van der Waals surface area contributed by atoms with Crippen LogP contribution in [0.2, 0.25) is 0 Å². The summed E-state index contributed by atoms with van der Waals surface area (Å²) in [5, 5.41) is 0. The quantitative estimate of drug-likeness (QED) is 0.744. The van der Waals surface area contributed by atoms with E-state index in [4.69, 9.17) is 4.74 Å². The molecule has 3 aliphatic rings. The van der Waals surface area contributed by atoms with Gasteiger partial charge in [-0.15, -0.1) is 0 Å². The van der Waals surface area contributed by atoms with Gasteiger partial charge in [0.2, 0.25) is 0 Å². The first-order valence-corrected chi connectivity index (χ1v) is 8.95. The third-order valence-corrected chi connectivity index (χ3v) is 5.93. The Bertz CT molecular complexity index is 354. The Morgan fingerprint density at radius 1 is 1.10 bits per heavy atom. The second-order valence-corrected chi connectivity index (χ2v) is 7.29. The number of hydrogen-bond acceptors (Lipinski definition) is 3. The molecule has 1 aliphatic carbocycles. The fraction of sp³-hybridized carbons (Fsp3) is 0.889. The highest BCUT2D eigenvalue weighted by molar-refractivity contribution is 5.09. The first-order chi connectivity index (χ1) is 10.2. The highest BCUT2D eigenvalue weighted by Gasteiger charge is 2.28. The van der Waals surface area contributed by atoms with Gasteiger partial charge in [-0.05, 0) is 44.4 Å². The van der Waals surface area contributed by atoms with E-state index in [2.05, 4.69) is 29.7 Å². The van der Waals surface area contributed by atoms with Crippen LogP contribution >= 0.6 is 0 Å². The summed E-state index contributed by atoms with van der Waals surface area (Å²) >= 11 is 0. The van der Waals surface area contributed by atoms with Gasteiger partial charge in [-0.1, -0.05) is 18.6 Å². The van der Waals surface area contributed by atoms with Crippen molar-refractivity contribution < 1.29 is 4.74 Å². The van der Waals surface area contributed by atoms with E-state index in [0.717, 1.165) is 31.1 Å². The van der Waals surface area contributed by atoms with Crippen molar-refractivity contribution in [1.29, 1.82) is 0 Å². The highest BCUT2D eigenvalue weighted by atomic mass is 16.5. The summed E-state index contributed by atoms with van der Waals surface area (Å²) in [5.41, 5.74) is 1.64. The van der Waals surface area contributed by atoms with Gasteiger partial charge < -0.3 is 9.64 Å². The zero-order valence-corrected chi connectivity index (χ0v) is 13.9. The molecule has 2 fully saturated rings. The maximum absolute atomic E-state index is 5.49. The van der Waals surface area contributed by atoms with Crippen LogP contribution in [0.1, 0.15) is 39.5 Å². The fourth-order valence-corrected chi connectivity index (χ4v) is 4.34. The van der Waals surface area contributed by atoms with Gasteiger partial charge in [0.1, 0.15) is 0 Å². The van der Waals surface area contributed by atoms with Crippen molar-refractivity contribution in [2.24, 2.45) is 11.8 Å². The summed E-state index contributed by atoms with van der Waals surface area (Å²) in [6.45, 7) is 13.0. The molecule has 2 saturated heterocycles. The lowest BCUT2D eigenvalue weighted by Gasteiger charge is -2.42. The molecule has 0 N–H and O–H groups in total. The van der Waals surface area contributed by atoms with E-state index >= 15 is 0 Å². The molecule has 0 amide bonds. The van der Waals surface area contributed by atoms with Gasteiger partial charge >= 0.3 is 0 Å². The average Bonchev–Trinajstić information content (AvgIpc) is 2.53. The molecule has 0 aromatic carbocycles. The predicted octanol–water partition coefficient (Wildman–Crippen LogP) is 2.78. The largest absolute Gasteiger partial charge is 0.381 e. The topological polar surface area (TPSA) is 15.7 Å². The average molecular weight is 292 g/mol. The van der Waals surface area contributed by atoms with E-state index in [1.165, 1.54) is 58.4 Å². The minimum absolute atomic E-state index is 0.788. The number of rotatable bonds is 3. The van der Waals surface area contributed by atoms with Crippen LogP contribution in [0.4, 0.5) is 0 Å². The van der Waals surface area contributed by atoms with Crippen molar-refractivity contribution in [3.8, 4) is 0 Å². The van der Waals surface area contributed by atoms with Crippen LogP contribution in [0.25, 0.3) is 0 Å². The lowest BCUT2D eigenvalue weighted by atomic mass is 9.79. The van der Waals surface area contributed by atoms with Gasteiger partial charge in [0.05, 0.1) is 0 Å². The number of allylic oxidation sites excluding steroid dienone is 1. The Kier molecular flexibility index (Phi) is 5.36. The molecule has 0 aromatic rings. The summed E-state index contributed by atoms with van der Waals surface area (Å²) in [7, 11) is 0. The van der Waals surface area contributed by atoms with E-state index in [0.29, 0.717) is 0 Å². The van der Waals surface area contributed by atoms with E-state index in [1.54, 1.807) is 5.57 Å².